The van der Waals surface area contributed by atoms with E-state index < -0.39 is 5.97 Å². The van der Waals surface area contributed by atoms with Crippen LogP contribution in [0, 0.1) is 5.92 Å². The first-order valence-corrected chi connectivity index (χ1v) is 10.8. The van der Waals surface area contributed by atoms with Crippen LogP contribution in [0.5, 0.6) is 0 Å². The van der Waals surface area contributed by atoms with Crippen LogP contribution in [-0.2, 0) is 19.4 Å². The highest BCUT2D eigenvalue weighted by atomic mass is 16.4. The Bertz CT molecular complexity index is 974. The summed E-state index contributed by atoms with van der Waals surface area (Å²) < 4.78 is 2.03. The van der Waals surface area contributed by atoms with E-state index in [1.807, 2.05) is 41.1 Å². The average Bonchev–Trinajstić information content (AvgIpc) is 3.09. The fourth-order valence-electron chi connectivity index (χ4n) is 3.59. The number of carbonyl (C=O) groups is 1. The molecule has 30 heavy (non-hydrogen) atoms. The van der Waals surface area contributed by atoms with Gasteiger partial charge in [0.05, 0.1) is 12.1 Å². The standard InChI is InChI=1S/C25H31N3O2/c1-4-5-6-11-23-26-24(16-18(2)3)28(27-23)17-19-12-14-20(15-13-19)21-9-7-8-10-22(21)25(29)30/h7-10,12-15,18H,4-6,11,16-17H2,1-3H3,(H,29,30). The molecule has 3 rings (SSSR count). The summed E-state index contributed by atoms with van der Waals surface area (Å²) in [6.45, 7) is 7.27. The molecule has 1 aromatic heterocycles. The number of hydrogen-bond acceptors (Lipinski definition) is 3. The quantitative estimate of drug-likeness (QED) is 0.444. The van der Waals surface area contributed by atoms with Crippen molar-refractivity contribution in [3.05, 3.63) is 71.3 Å². The van der Waals surface area contributed by atoms with E-state index in [4.69, 9.17) is 10.1 Å². The third kappa shape index (κ3) is 5.56. The summed E-state index contributed by atoms with van der Waals surface area (Å²) >= 11 is 0. The minimum absolute atomic E-state index is 0.317. The van der Waals surface area contributed by atoms with Crippen LogP contribution in [0.2, 0.25) is 0 Å². The second-order valence-electron chi connectivity index (χ2n) is 8.20. The van der Waals surface area contributed by atoms with Gasteiger partial charge < -0.3 is 5.11 Å². The number of hydrogen-bond donors (Lipinski definition) is 1. The Morgan fingerprint density at radius 3 is 2.47 bits per heavy atom. The van der Waals surface area contributed by atoms with Gasteiger partial charge in [0.15, 0.2) is 5.82 Å². The summed E-state index contributed by atoms with van der Waals surface area (Å²) in [6, 6.07) is 15.2. The highest BCUT2D eigenvalue weighted by Crippen LogP contribution is 2.24. The third-order valence-corrected chi connectivity index (χ3v) is 5.14. The number of benzene rings is 2. The number of aromatic nitrogens is 3. The van der Waals surface area contributed by atoms with E-state index in [0.717, 1.165) is 47.6 Å². The van der Waals surface area contributed by atoms with Crippen LogP contribution in [0.25, 0.3) is 11.1 Å². The van der Waals surface area contributed by atoms with Gasteiger partial charge in [-0.2, -0.15) is 5.10 Å². The minimum atomic E-state index is -0.911. The maximum Gasteiger partial charge on any atom is 0.336 e. The van der Waals surface area contributed by atoms with Crippen LogP contribution in [-0.4, -0.2) is 25.8 Å². The zero-order valence-electron chi connectivity index (χ0n) is 18.1. The zero-order valence-corrected chi connectivity index (χ0v) is 18.1. The van der Waals surface area contributed by atoms with E-state index in [2.05, 4.69) is 20.8 Å². The first kappa shape index (κ1) is 21.8. The summed E-state index contributed by atoms with van der Waals surface area (Å²) in [5, 5.41) is 14.2. The molecule has 0 unspecified atom stereocenters. The van der Waals surface area contributed by atoms with Gasteiger partial charge in [-0.1, -0.05) is 76.1 Å². The van der Waals surface area contributed by atoms with Crippen LogP contribution < -0.4 is 0 Å². The molecule has 0 bridgehead atoms. The summed E-state index contributed by atoms with van der Waals surface area (Å²) in [5.74, 6) is 1.58. The second kappa shape index (κ2) is 10.2. The zero-order chi connectivity index (χ0) is 21.5. The highest BCUT2D eigenvalue weighted by Gasteiger charge is 2.13. The molecule has 0 aliphatic heterocycles. The maximum atomic E-state index is 11.5. The number of unbranched alkanes of at least 4 members (excludes halogenated alkanes) is 2. The van der Waals surface area contributed by atoms with Gasteiger partial charge in [-0.25, -0.2) is 14.5 Å². The number of rotatable bonds is 10. The van der Waals surface area contributed by atoms with Gasteiger partial charge in [0.1, 0.15) is 5.82 Å². The van der Waals surface area contributed by atoms with Crippen molar-refractivity contribution in [1.29, 1.82) is 0 Å². The lowest BCUT2D eigenvalue weighted by atomic mass is 9.99. The van der Waals surface area contributed by atoms with Crippen molar-refractivity contribution in [2.75, 3.05) is 0 Å². The Morgan fingerprint density at radius 2 is 1.80 bits per heavy atom. The Hall–Kier alpha value is -2.95. The van der Waals surface area contributed by atoms with Gasteiger partial charge in [-0.3, -0.25) is 0 Å². The predicted octanol–water partition coefficient (Wildman–Crippen LogP) is 5.62. The van der Waals surface area contributed by atoms with E-state index >= 15 is 0 Å². The number of carboxylic acid groups (broad SMARTS) is 1. The van der Waals surface area contributed by atoms with E-state index in [0.29, 0.717) is 18.0 Å². The van der Waals surface area contributed by atoms with Gasteiger partial charge in [0.2, 0.25) is 0 Å². The normalized spacial score (nSPS) is 11.2. The first-order chi connectivity index (χ1) is 14.5. The van der Waals surface area contributed by atoms with Crippen molar-refractivity contribution < 1.29 is 9.90 Å². The van der Waals surface area contributed by atoms with Crippen molar-refractivity contribution in [1.82, 2.24) is 14.8 Å². The van der Waals surface area contributed by atoms with Gasteiger partial charge >= 0.3 is 5.97 Å². The topological polar surface area (TPSA) is 68.0 Å². The van der Waals surface area contributed by atoms with Crippen LogP contribution in [0.1, 0.15) is 67.6 Å². The number of aryl methyl sites for hydroxylation is 1. The molecule has 0 radical (unpaired) electrons. The van der Waals surface area contributed by atoms with Gasteiger partial charge in [0, 0.05) is 12.8 Å². The highest BCUT2D eigenvalue weighted by molar-refractivity contribution is 5.95. The van der Waals surface area contributed by atoms with Crippen molar-refractivity contribution in [2.45, 2.75) is 59.4 Å². The number of carboxylic acids is 1. The number of aromatic carboxylic acids is 1. The van der Waals surface area contributed by atoms with Gasteiger partial charge in [0.25, 0.3) is 0 Å². The molecular formula is C25H31N3O2. The summed E-state index contributed by atoms with van der Waals surface area (Å²) in [6.07, 6.45) is 5.35. The second-order valence-corrected chi connectivity index (χ2v) is 8.20. The summed E-state index contributed by atoms with van der Waals surface area (Å²) in [5.41, 5.74) is 3.08. The molecule has 0 aliphatic carbocycles. The van der Waals surface area contributed by atoms with Crippen LogP contribution in [0.15, 0.2) is 48.5 Å². The lowest BCUT2D eigenvalue weighted by molar-refractivity contribution is 0.0697. The van der Waals surface area contributed by atoms with Gasteiger partial charge in [-0.05, 0) is 35.1 Å². The fourth-order valence-corrected chi connectivity index (χ4v) is 3.59. The summed E-state index contributed by atoms with van der Waals surface area (Å²) in [7, 11) is 0. The third-order valence-electron chi connectivity index (χ3n) is 5.14. The minimum Gasteiger partial charge on any atom is -0.478 e. The summed E-state index contributed by atoms with van der Waals surface area (Å²) in [4.78, 5) is 16.3. The lowest BCUT2D eigenvalue weighted by Crippen LogP contribution is -2.09. The fraction of sp³-hybridized carbons (Fsp3) is 0.400. The molecule has 3 aromatic rings. The smallest absolute Gasteiger partial charge is 0.336 e. The van der Waals surface area contributed by atoms with Gasteiger partial charge in [-0.15, -0.1) is 0 Å². The largest absolute Gasteiger partial charge is 0.478 e. The molecule has 5 heteroatoms. The molecule has 0 saturated carbocycles. The van der Waals surface area contributed by atoms with E-state index in [9.17, 15) is 9.90 Å². The molecule has 0 amide bonds. The molecule has 2 aromatic carbocycles. The molecule has 0 fully saturated rings. The molecule has 0 saturated heterocycles. The molecule has 0 spiro atoms. The molecular weight excluding hydrogens is 374 g/mol. The van der Waals surface area contributed by atoms with Crippen LogP contribution in [0.4, 0.5) is 0 Å². The predicted molar refractivity (Wildman–Crippen MR) is 120 cm³/mol. The molecule has 158 valence electrons. The Labute approximate surface area is 178 Å². The molecule has 0 atom stereocenters. The van der Waals surface area contributed by atoms with Crippen molar-refractivity contribution in [2.24, 2.45) is 5.92 Å². The van der Waals surface area contributed by atoms with Crippen molar-refractivity contribution in [3.63, 3.8) is 0 Å². The Morgan fingerprint density at radius 1 is 1.07 bits per heavy atom. The monoisotopic (exact) mass is 405 g/mol. The van der Waals surface area contributed by atoms with Crippen molar-refractivity contribution >= 4 is 5.97 Å². The maximum absolute atomic E-state index is 11.5. The molecule has 5 nitrogen and oxygen atoms in total. The van der Waals surface area contributed by atoms with E-state index in [-0.39, 0.29) is 0 Å². The number of nitrogens with zero attached hydrogens (tertiary/aromatic N) is 3. The first-order valence-electron chi connectivity index (χ1n) is 10.8. The average molecular weight is 406 g/mol. The van der Waals surface area contributed by atoms with Crippen molar-refractivity contribution in [3.8, 4) is 11.1 Å². The lowest BCUT2D eigenvalue weighted by Gasteiger charge is -2.10. The Kier molecular flexibility index (Phi) is 7.39. The molecule has 1 N–H and O–H groups in total. The van der Waals surface area contributed by atoms with Crippen LogP contribution >= 0.6 is 0 Å². The van der Waals surface area contributed by atoms with E-state index in [1.165, 1.54) is 12.8 Å². The Balaban J connectivity index is 1.80. The molecule has 1 heterocycles. The van der Waals surface area contributed by atoms with E-state index in [1.54, 1.807) is 12.1 Å². The SMILES string of the molecule is CCCCCc1nc(CC(C)C)n(Cc2ccc(-c3ccccc3C(=O)O)cc2)n1. The van der Waals surface area contributed by atoms with Crippen LogP contribution in [0.3, 0.4) is 0 Å². The molecule has 0 aliphatic rings.